The first-order valence-electron chi connectivity index (χ1n) is 7.14. The minimum Gasteiger partial charge on any atom is -0.352 e. The summed E-state index contributed by atoms with van der Waals surface area (Å²) in [6.07, 6.45) is 9.29. The lowest BCUT2D eigenvalue weighted by atomic mass is 9.84. The van der Waals surface area contributed by atoms with Crippen molar-refractivity contribution >= 4 is 5.91 Å². The summed E-state index contributed by atoms with van der Waals surface area (Å²) in [5, 5.41) is 7.14. The van der Waals surface area contributed by atoms with E-state index in [-0.39, 0.29) is 11.9 Å². The summed E-state index contributed by atoms with van der Waals surface area (Å²) in [7, 11) is 1.82. The number of aromatic nitrogens is 2. The number of carbonyl (C=O) groups is 1. The summed E-state index contributed by atoms with van der Waals surface area (Å²) in [5.41, 5.74) is 6.74. The van der Waals surface area contributed by atoms with Crippen LogP contribution in [0, 0.1) is 5.92 Å². The minimum absolute atomic E-state index is 0.0882. The van der Waals surface area contributed by atoms with Gasteiger partial charge in [-0.3, -0.25) is 9.48 Å². The molecule has 1 aliphatic carbocycles. The number of nitrogens with zero attached hydrogens (tertiary/aromatic N) is 2. The molecule has 1 aromatic heterocycles. The summed E-state index contributed by atoms with van der Waals surface area (Å²) < 4.78 is 1.66. The Balaban J connectivity index is 1.89. The third kappa shape index (κ3) is 3.56. The number of hydrogen-bond donors (Lipinski definition) is 2. The molecule has 2 rings (SSSR count). The van der Waals surface area contributed by atoms with Crippen LogP contribution in [0.1, 0.15) is 50.6 Å². The van der Waals surface area contributed by atoms with Crippen LogP contribution in [0.15, 0.2) is 12.4 Å². The molecule has 0 bridgehead atoms. The number of carbonyl (C=O) groups excluding carboxylic acids is 1. The lowest BCUT2D eigenvalue weighted by Gasteiger charge is -2.29. The number of nitrogens with one attached hydrogen (secondary N) is 1. The van der Waals surface area contributed by atoms with Crippen molar-refractivity contribution in [1.29, 1.82) is 0 Å². The standard InChI is InChI=1S/C14H24N4O/c1-3-10-5-4-6-12(7-10)17-14(19)13(15)11-8-16-18(2)9-11/h8-10,12-13H,3-7,15H2,1-2H3,(H,17,19). The molecule has 1 fully saturated rings. The molecule has 1 amide bonds. The Hall–Kier alpha value is -1.36. The zero-order valence-corrected chi connectivity index (χ0v) is 11.8. The maximum Gasteiger partial charge on any atom is 0.241 e. The van der Waals surface area contributed by atoms with E-state index in [9.17, 15) is 4.79 Å². The molecular weight excluding hydrogens is 240 g/mol. The normalized spacial score (nSPS) is 25.0. The van der Waals surface area contributed by atoms with Crippen LogP contribution in [0.4, 0.5) is 0 Å². The highest BCUT2D eigenvalue weighted by molar-refractivity contribution is 5.83. The average molecular weight is 264 g/mol. The molecule has 19 heavy (non-hydrogen) atoms. The number of nitrogens with two attached hydrogens (primary N) is 1. The van der Waals surface area contributed by atoms with Crippen LogP contribution in [0.5, 0.6) is 0 Å². The van der Waals surface area contributed by atoms with Gasteiger partial charge in [0.15, 0.2) is 0 Å². The van der Waals surface area contributed by atoms with E-state index in [0.717, 1.165) is 24.3 Å². The number of hydrogen-bond acceptors (Lipinski definition) is 3. The smallest absolute Gasteiger partial charge is 0.241 e. The molecule has 3 N–H and O–H groups in total. The molecular formula is C14H24N4O. The van der Waals surface area contributed by atoms with Crippen molar-refractivity contribution in [3.63, 3.8) is 0 Å². The molecule has 0 saturated heterocycles. The van der Waals surface area contributed by atoms with Gasteiger partial charge in [0.25, 0.3) is 0 Å². The van der Waals surface area contributed by atoms with Crippen molar-refractivity contribution in [1.82, 2.24) is 15.1 Å². The predicted octanol–water partition coefficient (Wildman–Crippen LogP) is 1.50. The van der Waals surface area contributed by atoms with E-state index in [1.807, 2.05) is 7.05 Å². The number of rotatable bonds is 4. The SMILES string of the molecule is CCC1CCCC(NC(=O)C(N)c2cnn(C)c2)C1. The van der Waals surface area contributed by atoms with E-state index in [4.69, 9.17) is 5.73 Å². The monoisotopic (exact) mass is 264 g/mol. The van der Waals surface area contributed by atoms with Crippen molar-refractivity contribution in [2.75, 3.05) is 0 Å². The summed E-state index contributed by atoms with van der Waals surface area (Å²) in [4.78, 5) is 12.1. The van der Waals surface area contributed by atoms with Crippen molar-refractivity contribution < 1.29 is 4.79 Å². The summed E-state index contributed by atoms with van der Waals surface area (Å²) in [6, 6.07) is -0.329. The second-order valence-electron chi connectivity index (χ2n) is 5.57. The molecule has 106 valence electrons. The summed E-state index contributed by atoms with van der Waals surface area (Å²) in [6.45, 7) is 2.22. The summed E-state index contributed by atoms with van der Waals surface area (Å²) in [5.74, 6) is 0.656. The van der Waals surface area contributed by atoms with E-state index in [1.165, 1.54) is 19.3 Å². The quantitative estimate of drug-likeness (QED) is 0.865. The Morgan fingerprint density at radius 1 is 1.63 bits per heavy atom. The van der Waals surface area contributed by atoms with Crippen LogP contribution in [0.2, 0.25) is 0 Å². The first-order valence-corrected chi connectivity index (χ1v) is 7.14. The van der Waals surface area contributed by atoms with Gasteiger partial charge in [-0.15, -0.1) is 0 Å². The largest absolute Gasteiger partial charge is 0.352 e. The van der Waals surface area contributed by atoms with Crippen molar-refractivity contribution in [2.24, 2.45) is 18.7 Å². The molecule has 1 heterocycles. The molecule has 0 spiro atoms. The van der Waals surface area contributed by atoms with E-state index in [1.54, 1.807) is 17.1 Å². The zero-order chi connectivity index (χ0) is 13.8. The van der Waals surface area contributed by atoms with Gasteiger partial charge in [0.2, 0.25) is 5.91 Å². The highest BCUT2D eigenvalue weighted by Gasteiger charge is 2.25. The fourth-order valence-electron chi connectivity index (χ4n) is 2.84. The van der Waals surface area contributed by atoms with Gasteiger partial charge < -0.3 is 11.1 Å². The topological polar surface area (TPSA) is 72.9 Å². The van der Waals surface area contributed by atoms with Crippen LogP contribution in [0.25, 0.3) is 0 Å². The Bertz CT molecular complexity index is 429. The fraction of sp³-hybridized carbons (Fsp3) is 0.714. The molecule has 0 aliphatic heterocycles. The molecule has 3 atom stereocenters. The van der Waals surface area contributed by atoms with Crippen LogP contribution in [-0.2, 0) is 11.8 Å². The Kier molecular flexibility index (Phi) is 4.58. The predicted molar refractivity (Wildman–Crippen MR) is 74.3 cm³/mol. The number of aryl methyl sites for hydroxylation is 1. The summed E-state index contributed by atoms with van der Waals surface area (Å²) >= 11 is 0. The molecule has 1 aromatic rings. The van der Waals surface area contributed by atoms with Crippen molar-refractivity contribution in [3.05, 3.63) is 18.0 Å². The van der Waals surface area contributed by atoms with Gasteiger partial charge >= 0.3 is 0 Å². The van der Waals surface area contributed by atoms with Gasteiger partial charge in [-0.2, -0.15) is 5.10 Å². The third-order valence-corrected chi connectivity index (χ3v) is 4.07. The Labute approximate surface area is 114 Å². The number of amides is 1. The molecule has 0 radical (unpaired) electrons. The van der Waals surface area contributed by atoms with Crippen LogP contribution < -0.4 is 11.1 Å². The maximum absolute atomic E-state index is 12.1. The van der Waals surface area contributed by atoms with Crippen LogP contribution >= 0.6 is 0 Å². The van der Waals surface area contributed by atoms with E-state index < -0.39 is 6.04 Å². The molecule has 0 aromatic carbocycles. The first kappa shape index (κ1) is 14.1. The van der Waals surface area contributed by atoms with E-state index >= 15 is 0 Å². The molecule has 1 saturated carbocycles. The van der Waals surface area contributed by atoms with Crippen molar-refractivity contribution in [3.8, 4) is 0 Å². The van der Waals surface area contributed by atoms with Gasteiger partial charge in [-0.05, 0) is 18.8 Å². The third-order valence-electron chi connectivity index (χ3n) is 4.07. The second kappa shape index (κ2) is 6.19. The first-order chi connectivity index (χ1) is 9.10. The molecule has 5 nitrogen and oxygen atoms in total. The van der Waals surface area contributed by atoms with Gasteiger partial charge in [-0.25, -0.2) is 0 Å². The van der Waals surface area contributed by atoms with Gasteiger partial charge in [0.05, 0.1) is 6.20 Å². The molecule has 3 unspecified atom stereocenters. The van der Waals surface area contributed by atoms with Gasteiger partial charge in [0, 0.05) is 24.8 Å². The van der Waals surface area contributed by atoms with E-state index in [0.29, 0.717) is 0 Å². The maximum atomic E-state index is 12.1. The second-order valence-corrected chi connectivity index (χ2v) is 5.57. The zero-order valence-electron chi connectivity index (χ0n) is 11.8. The van der Waals surface area contributed by atoms with Crippen molar-refractivity contribution in [2.45, 2.75) is 51.1 Å². The van der Waals surface area contributed by atoms with Gasteiger partial charge in [-0.1, -0.05) is 26.2 Å². The van der Waals surface area contributed by atoms with Gasteiger partial charge in [0.1, 0.15) is 6.04 Å². The van der Waals surface area contributed by atoms with E-state index in [2.05, 4.69) is 17.3 Å². The fourth-order valence-corrected chi connectivity index (χ4v) is 2.84. The Morgan fingerprint density at radius 2 is 2.42 bits per heavy atom. The van der Waals surface area contributed by atoms with Crippen LogP contribution in [-0.4, -0.2) is 21.7 Å². The lowest BCUT2D eigenvalue weighted by Crippen LogP contribution is -2.42. The molecule has 5 heteroatoms. The molecule has 1 aliphatic rings. The lowest BCUT2D eigenvalue weighted by molar-refractivity contribution is -0.123. The average Bonchev–Trinajstić information content (AvgIpc) is 2.84. The minimum atomic E-state index is -0.615. The highest BCUT2D eigenvalue weighted by Crippen LogP contribution is 2.26. The Morgan fingerprint density at radius 3 is 3.05 bits per heavy atom. The highest BCUT2D eigenvalue weighted by atomic mass is 16.2. The van der Waals surface area contributed by atoms with Crippen LogP contribution in [0.3, 0.4) is 0 Å².